The van der Waals surface area contributed by atoms with E-state index in [1.54, 1.807) is 24.3 Å². The van der Waals surface area contributed by atoms with E-state index in [9.17, 15) is 18.0 Å². The molecule has 0 spiro atoms. The molecule has 1 atom stereocenters. The third kappa shape index (κ3) is 9.18. The monoisotopic (exact) mass is 613 g/mol. The lowest BCUT2D eigenvalue weighted by Crippen LogP contribution is -2.54. The van der Waals surface area contributed by atoms with Gasteiger partial charge in [-0.15, -0.1) is 0 Å². The molecule has 0 radical (unpaired) electrons. The summed E-state index contributed by atoms with van der Waals surface area (Å²) in [5, 5.41) is 2.96. The van der Waals surface area contributed by atoms with E-state index in [1.807, 2.05) is 106 Å². The van der Waals surface area contributed by atoms with Gasteiger partial charge in [0.1, 0.15) is 24.1 Å². The van der Waals surface area contributed by atoms with Crippen LogP contribution in [0.2, 0.25) is 0 Å². The molecule has 0 saturated carbocycles. The van der Waals surface area contributed by atoms with Gasteiger partial charge in [-0.3, -0.25) is 13.9 Å². The highest BCUT2D eigenvalue weighted by Gasteiger charge is 2.33. The van der Waals surface area contributed by atoms with Crippen molar-refractivity contribution in [1.82, 2.24) is 10.2 Å². The number of amides is 2. The predicted octanol–water partition coefficient (Wildman–Crippen LogP) is 5.72. The maximum Gasteiger partial charge on any atom is 0.244 e. The fourth-order valence-corrected chi connectivity index (χ4v) is 5.71. The molecular weight excluding hydrogens is 574 g/mol. The fourth-order valence-electron chi connectivity index (χ4n) is 4.86. The maximum atomic E-state index is 14.2. The number of aryl methyl sites for hydroxylation is 1. The number of anilines is 1. The van der Waals surface area contributed by atoms with Crippen LogP contribution in [0.25, 0.3) is 0 Å². The predicted molar refractivity (Wildman–Crippen MR) is 174 cm³/mol. The minimum absolute atomic E-state index is 0.130. The van der Waals surface area contributed by atoms with Gasteiger partial charge in [-0.1, -0.05) is 78.4 Å². The Morgan fingerprint density at radius 2 is 1.39 bits per heavy atom. The maximum absolute atomic E-state index is 14.2. The summed E-state index contributed by atoms with van der Waals surface area (Å²) >= 11 is 0. The number of para-hydroxylation sites is 1. The summed E-state index contributed by atoms with van der Waals surface area (Å²) in [4.78, 5) is 29.3. The molecule has 0 aromatic heterocycles. The number of ether oxygens (including phenoxy) is 1. The molecule has 4 aromatic carbocycles. The minimum Gasteiger partial charge on any atom is -0.457 e. The van der Waals surface area contributed by atoms with Crippen molar-refractivity contribution in [1.29, 1.82) is 0 Å². The quantitative estimate of drug-likeness (QED) is 0.208. The van der Waals surface area contributed by atoms with Crippen molar-refractivity contribution in [2.45, 2.75) is 45.8 Å². The van der Waals surface area contributed by atoms with Crippen LogP contribution < -0.4 is 14.4 Å². The fraction of sp³-hybridized carbons (Fsp3) is 0.257. The molecule has 0 aliphatic rings. The Kier molecular flexibility index (Phi) is 10.8. The zero-order chi connectivity index (χ0) is 31.7. The van der Waals surface area contributed by atoms with Crippen LogP contribution in [0.15, 0.2) is 109 Å². The Bertz CT molecular complexity index is 1640. The van der Waals surface area contributed by atoms with Crippen LogP contribution in [0.3, 0.4) is 0 Å². The van der Waals surface area contributed by atoms with E-state index in [0.29, 0.717) is 17.2 Å². The summed E-state index contributed by atoms with van der Waals surface area (Å²) in [7, 11) is -3.88. The van der Waals surface area contributed by atoms with Crippen molar-refractivity contribution in [3.63, 3.8) is 0 Å². The van der Waals surface area contributed by atoms with Gasteiger partial charge in [-0.05, 0) is 68.3 Å². The van der Waals surface area contributed by atoms with Gasteiger partial charge in [-0.25, -0.2) is 8.42 Å². The molecular formula is C35H39N3O5S. The van der Waals surface area contributed by atoms with Crippen LogP contribution in [-0.4, -0.2) is 50.0 Å². The zero-order valence-corrected chi connectivity index (χ0v) is 26.3. The number of sulfonamides is 1. The molecule has 9 heteroatoms. The lowest BCUT2D eigenvalue weighted by atomic mass is 10.0. The average Bonchev–Trinajstić information content (AvgIpc) is 2.98. The largest absolute Gasteiger partial charge is 0.457 e. The van der Waals surface area contributed by atoms with E-state index >= 15 is 0 Å². The van der Waals surface area contributed by atoms with Crippen molar-refractivity contribution >= 4 is 27.5 Å². The summed E-state index contributed by atoms with van der Waals surface area (Å²) in [6.07, 6.45) is 1.33. The van der Waals surface area contributed by atoms with Gasteiger partial charge < -0.3 is 15.0 Å². The van der Waals surface area contributed by atoms with E-state index in [1.165, 1.54) is 4.90 Å². The first-order chi connectivity index (χ1) is 21.0. The van der Waals surface area contributed by atoms with Gasteiger partial charge in [0.25, 0.3) is 0 Å². The summed E-state index contributed by atoms with van der Waals surface area (Å²) in [6, 6.07) is 31.9. The van der Waals surface area contributed by atoms with Gasteiger partial charge in [0.05, 0.1) is 11.9 Å². The third-order valence-corrected chi connectivity index (χ3v) is 8.06. The zero-order valence-electron chi connectivity index (χ0n) is 25.5. The van der Waals surface area contributed by atoms with Gasteiger partial charge in [0.15, 0.2) is 0 Å². The summed E-state index contributed by atoms with van der Waals surface area (Å²) in [5.74, 6) is 0.361. The SMILES string of the molecule is Cc1cccc(CN(C(=O)CN(c2ccc(Oc3ccccc3)cc2)S(C)(=O)=O)[C@@H](Cc2ccccc2)C(=O)NC(C)C)c1. The molecule has 44 heavy (non-hydrogen) atoms. The Hall–Kier alpha value is -4.63. The highest BCUT2D eigenvalue weighted by Crippen LogP contribution is 2.26. The molecule has 0 saturated heterocycles. The molecule has 1 N–H and O–H groups in total. The number of rotatable bonds is 13. The Morgan fingerprint density at radius 1 is 0.795 bits per heavy atom. The second-order valence-corrected chi connectivity index (χ2v) is 13.0. The number of carbonyl (C=O) groups excluding carboxylic acids is 2. The summed E-state index contributed by atoms with van der Waals surface area (Å²) < 4.78 is 33.0. The Labute approximate surface area is 260 Å². The lowest BCUT2D eigenvalue weighted by Gasteiger charge is -2.34. The highest BCUT2D eigenvalue weighted by molar-refractivity contribution is 7.92. The number of nitrogens with zero attached hydrogens (tertiary/aromatic N) is 2. The number of hydrogen-bond acceptors (Lipinski definition) is 5. The molecule has 0 bridgehead atoms. The van der Waals surface area contributed by atoms with Crippen LogP contribution in [0.4, 0.5) is 5.69 Å². The smallest absolute Gasteiger partial charge is 0.244 e. The minimum atomic E-state index is -3.88. The summed E-state index contributed by atoms with van der Waals surface area (Å²) in [5.41, 5.74) is 3.04. The first kappa shape index (κ1) is 32.3. The van der Waals surface area contributed by atoms with Crippen LogP contribution in [0.1, 0.15) is 30.5 Å². The van der Waals surface area contributed by atoms with Crippen LogP contribution >= 0.6 is 0 Å². The lowest BCUT2D eigenvalue weighted by molar-refractivity contribution is -0.140. The molecule has 0 aliphatic carbocycles. The standard InChI is InChI=1S/C35H39N3O5S/c1-26(2)36-35(40)33(23-28-13-7-5-8-14-28)37(24-29-15-11-12-27(3)22-29)34(39)25-38(44(4,41)42)30-18-20-32(21-19-30)43-31-16-9-6-10-17-31/h5-22,26,33H,23-25H2,1-4H3,(H,36,40)/t33-/m0/s1. The molecule has 4 aromatic rings. The molecule has 0 aliphatic heterocycles. The normalized spacial score (nSPS) is 11.9. The highest BCUT2D eigenvalue weighted by atomic mass is 32.2. The van der Waals surface area contributed by atoms with Gasteiger partial charge >= 0.3 is 0 Å². The van der Waals surface area contributed by atoms with Gasteiger partial charge in [-0.2, -0.15) is 0 Å². The first-order valence-electron chi connectivity index (χ1n) is 14.5. The van der Waals surface area contributed by atoms with E-state index < -0.39 is 28.5 Å². The Morgan fingerprint density at radius 3 is 1.98 bits per heavy atom. The molecule has 0 fully saturated rings. The molecule has 230 valence electrons. The number of benzene rings is 4. The average molecular weight is 614 g/mol. The Balaban J connectivity index is 1.67. The number of carbonyl (C=O) groups is 2. The van der Waals surface area contributed by atoms with Crippen molar-refractivity contribution in [3.8, 4) is 11.5 Å². The van der Waals surface area contributed by atoms with E-state index in [2.05, 4.69) is 5.32 Å². The molecule has 4 rings (SSSR count). The first-order valence-corrected chi connectivity index (χ1v) is 16.3. The van der Waals surface area contributed by atoms with Crippen LogP contribution in [0.5, 0.6) is 11.5 Å². The van der Waals surface area contributed by atoms with Crippen LogP contribution in [-0.2, 0) is 32.6 Å². The van der Waals surface area contributed by atoms with Gasteiger partial charge in [0.2, 0.25) is 21.8 Å². The molecule has 8 nitrogen and oxygen atoms in total. The van der Waals surface area contributed by atoms with E-state index in [4.69, 9.17) is 4.74 Å². The number of nitrogens with one attached hydrogen (secondary N) is 1. The van der Waals surface area contributed by atoms with E-state index in [0.717, 1.165) is 27.3 Å². The molecule has 2 amide bonds. The third-order valence-electron chi connectivity index (χ3n) is 6.92. The number of hydrogen-bond donors (Lipinski definition) is 1. The topological polar surface area (TPSA) is 96.0 Å². The van der Waals surface area contributed by atoms with Crippen LogP contribution in [0, 0.1) is 6.92 Å². The molecule has 0 unspecified atom stereocenters. The second-order valence-electron chi connectivity index (χ2n) is 11.1. The summed E-state index contributed by atoms with van der Waals surface area (Å²) in [6.45, 7) is 5.33. The van der Waals surface area contributed by atoms with Crippen molar-refractivity contribution in [2.75, 3.05) is 17.1 Å². The van der Waals surface area contributed by atoms with Gasteiger partial charge in [0, 0.05) is 19.0 Å². The van der Waals surface area contributed by atoms with E-state index in [-0.39, 0.29) is 24.9 Å². The molecule has 0 heterocycles. The van der Waals surface area contributed by atoms with Crippen molar-refractivity contribution < 1.29 is 22.7 Å². The van der Waals surface area contributed by atoms with Crippen molar-refractivity contribution in [3.05, 3.63) is 126 Å². The second kappa shape index (κ2) is 14.7. The van der Waals surface area contributed by atoms with Crippen molar-refractivity contribution in [2.24, 2.45) is 0 Å².